The number of rotatable bonds is 4. The summed E-state index contributed by atoms with van der Waals surface area (Å²) in [6.07, 6.45) is 0.865. The smallest absolute Gasteiger partial charge is 0.173 e. The molecule has 0 spiro atoms. The Bertz CT molecular complexity index is 655. The summed E-state index contributed by atoms with van der Waals surface area (Å²) >= 11 is 0. The van der Waals surface area contributed by atoms with Crippen LogP contribution in [0.1, 0.15) is 11.7 Å². The molecule has 2 N–H and O–H groups in total. The van der Waals surface area contributed by atoms with Crippen LogP contribution < -0.4 is 14.8 Å². The molecular formula is C14H17NO5S. The number of aliphatic hydroxyl groups is 1. The molecule has 7 heteroatoms. The Morgan fingerprint density at radius 3 is 2.76 bits per heavy atom. The van der Waals surface area contributed by atoms with E-state index in [0.29, 0.717) is 30.3 Å². The maximum absolute atomic E-state index is 11.3. The van der Waals surface area contributed by atoms with Gasteiger partial charge in [-0.2, -0.15) is 0 Å². The Morgan fingerprint density at radius 1 is 1.29 bits per heavy atom. The summed E-state index contributed by atoms with van der Waals surface area (Å²) in [6, 6.07) is 5.05. The van der Waals surface area contributed by atoms with Crippen LogP contribution in [0.25, 0.3) is 0 Å². The monoisotopic (exact) mass is 311 g/mol. The van der Waals surface area contributed by atoms with Gasteiger partial charge in [-0.15, -0.1) is 0 Å². The molecule has 2 atom stereocenters. The van der Waals surface area contributed by atoms with Crippen molar-refractivity contribution >= 4 is 9.84 Å². The number of ether oxygens (including phenoxy) is 2. The molecule has 0 saturated carbocycles. The predicted molar refractivity (Wildman–Crippen MR) is 77.1 cm³/mol. The SMILES string of the molecule is O=S1(=O)C=CC(NCC(O)c2ccc3c(c2)OCCO3)C1. The topological polar surface area (TPSA) is 84.9 Å². The third-order valence-electron chi connectivity index (χ3n) is 3.45. The van der Waals surface area contributed by atoms with Crippen LogP contribution in [0.3, 0.4) is 0 Å². The van der Waals surface area contributed by atoms with Crippen LogP contribution in [-0.4, -0.2) is 45.1 Å². The number of hydrogen-bond donors (Lipinski definition) is 2. The van der Waals surface area contributed by atoms with E-state index in [1.165, 1.54) is 5.41 Å². The van der Waals surface area contributed by atoms with Crippen LogP contribution in [0.15, 0.2) is 29.7 Å². The summed E-state index contributed by atoms with van der Waals surface area (Å²) in [5, 5.41) is 14.4. The number of fused-ring (bicyclic) bond motifs is 1. The number of nitrogens with one attached hydrogen (secondary N) is 1. The quantitative estimate of drug-likeness (QED) is 0.837. The second-order valence-corrected chi connectivity index (χ2v) is 7.02. The number of benzene rings is 1. The van der Waals surface area contributed by atoms with Gasteiger partial charge in [-0.25, -0.2) is 8.42 Å². The third kappa shape index (κ3) is 3.37. The lowest BCUT2D eigenvalue weighted by atomic mass is 10.1. The zero-order valence-corrected chi connectivity index (χ0v) is 12.2. The van der Waals surface area contributed by atoms with Gasteiger partial charge in [-0.1, -0.05) is 12.1 Å². The normalized spacial score (nSPS) is 24.0. The molecule has 2 heterocycles. The summed E-state index contributed by atoms with van der Waals surface area (Å²) in [6.45, 7) is 1.29. The summed E-state index contributed by atoms with van der Waals surface area (Å²) in [5.74, 6) is 1.34. The van der Waals surface area contributed by atoms with Crippen molar-refractivity contribution in [2.75, 3.05) is 25.5 Å². The minimum Gasteiger partial charge on any atom is -0.486 e. The summed E-state index contributed by atoms with van der Waals surface area (Å²) in [7, 11) is -3.08. The van der Waals surface area contributed by atoms with Gasteiger partial charge in [0.05, 0.1) is 11.9 Å². The minimum atomic E-state index is -3.08. The summed E-state index contributed by atoms with van der Waals surface area (Å²) in [4.78, 5) is 0. The van der Waals surface area contributed by atoms with Gasteiger partial charge in [-0.3, -0.25) is 0 Å². The molecule has 3 rings (SSSR count). The van der Waals surface area contributed by atoms with Crippen LogP contribution in [-0.2, 0) is 9.84 Å². The first-order valence-corrected chi connectivity index (χ1v) is 8.47. The molecular weight excluding hydrogens is 294 g/mol. The molecule has 2 aliphatic rings. The summed E-state index contributed by atoms with van der Waals surface area (Å²) < 4.78 is 33.5. The molecule has 1 aromatic carbocycles. The molecule has 0 amide bonds. The van der Waals surface area contributed by atoms with Crippen molar-refractivity contribution in [2.45, 2.75) is 12.1 Å². The standard InChI is InChI=1S/C14H17NO5S/c16-12(8-15-11-3-6-21(17,18)9-11)10-1-2-13-14(7-10)20-5-4-19-13/h1-3,6-7,11-12,15-16H,4-5,8-9H2. The van der Waals surface area contributed by atoms with Gasteiger partial charge in [0.15, 0.2) is 21.3 Å². The van der Waals surface area contributed by atoms with E-state index in [4.69, 9.17) is 9.47 Å². The van der Waals surface area contributed by atoms with Gasteiger partial charge in [-0.05, 0) is 17.7 Å². The van der Waals surface area contributed by atoms with Crippen LogP contribution in [0.2, 0.25) is 0 Å². The molecule has 6 nitrogen and oxygen atoms in total. The highest BCUT2D eigenvalue weighted by Crippen LogP contribution is 2.32. The fourth-order valence-corrected chi connectivity index (χ4v) is 3.62. The van der Waals surface area contributed by atoms with Gasteiger partial charge in [0, 0.05) is 18.0 Å². The van der Waals surface area contributed by atoms with Crippen molar-refractivity contribution in [2.24, 2.45) is 0 Å². The molecule has 114 valence electrons. The van der Waals surface area contributed by atoms with E-state index in [0.717, 1.165) is 0 Å². The van der Waals surface area contributed by atoms with E-state index in [2.05, 4.69) is 5.32 Å². The van der Waals surface area contributed by atoms with Gasteiger partial charge in [0.25, 0.3) is 0 Å². The first-order chi connectivity index (χ1) is 10.0. The predicted octanol–water partition coefficient (Wildman–Crippen LogP) is 0.391. The van der Waals surface area contributed by atoms with E-state index in [-0.39, 0.29) is 18.3 Å². The fraction of sp³-hybridized carbons (Fsp3) is 0.429. The van der Waals surface area contributed by atoms with Gasteiger partial charge in [0.2, 0.25) is 0 Å². The van der Waals surface area contributed by atoms with Gasteiger partial charge in [0.1, 0.15) is 13.2 Å². The Morgan fingerprint density at radius 2 is 2.05 bits per heavy atom. The van der Waals surface area contributed by atoms with Crippen molar-refractivity contribution in [3.05, 3.63) is 35.2 Å². The highest BCUT2D eigenvalue weighted by atomic mass is 32.2. The lowest BCUT2D eigenvalue weighted by molar-refractivity contribution is 0.162. The summed E-state index contributed by atoms with van der Waals surface area (Å²) in [5.41, 5.74) is 0.705. The van der Waals surface area contributed by atoms with Gasteiger partial charge < -0.3 is 19.9 Å². The molecule has 0 fully saturated rings. The van der Waals surface area contributed by atoms with Crippen LogP contribution in [0.4, 0.5) is 0 Å². The molecule has 0 saturated heterocycles. The molecule has 2 unspecified atom stereocenters. The van der Waals surface area contributed by atoms with Crippen molar-refractivity contribution in [3.63, 3.8) is 0 Å². The number of aliphatic hydroxyl groups excluding tert-OH is 1. The number of sulfone groups is 1. The third-order valence-corrected chi connectivity index (χ3v) is 4.85. The Hall–Kier alpha value is -1.57. The van der Waals surface area contributed by atoms with E-state index in [9.17, 15) is 13.5 Å². The molecule has 0 radical (unpaired) electrons. The average Bonchev–Trinajstić information content (AvgIpc) is 2.83. The Balaban J connectivity index is 1.61. The van der Waals surface area contributed by atoms with Crippen LogP contribution >= 0.6 is 0 Å². The van der Waals surface area contributed by atoms with Crippen molar-refractivity contribution in [1.82, 2.24) is 5.32 Å². The maximum Gasteiger partial charge on any atom is 0.173 e. The highest BCUT2D eigenvalue weighted by Gasteiger charge is 2.22. The van der Waals surface area contributed by atoms with Crippen molar-refractivity contribution < 1.29 is 23.0 Å². The zero-order chi connectivity index (χ0) is 14.9. The largest absolute Gasteiger partial charge is 0.486 e. The molecule has 0 aliphatic carbocycles. The van der Waals surface area contributed by atoms with Crippen molar-refractivity contribution in [3.8, 4) is 11.5 Å². The van der Waals surface area contributed by atoms with E-state index in [1.54, 1.807) is 24.3 Å². The average molecular weight is 311 g/mol. The highest BCUT2D eigenvalue weighted by molar-refractivity contribution is 7.94. The maximum atomic E-state index is 11.3. The molecule has 0 aromatic heterocycles. The van der Waals surface area contributed by atoms with E-state index >= 15 is 0 Å². The lowest BCUT2D eigenvalue weighted by Gasteiger charge is -2.21. The second-order valence-electron chi connectivity index (χ2n) is 5.09. The van der Waals surface area contributed by atoms with Crippen molar-refractivity contribution in [1.29, 1.82) is 0 Å². The first kappa shape index (κ1) is 14.4. The van der Waals surface area contributed by atoms with E-state index in [1.807, 2.05) is 0 Å². The Labute approximate surface area is 123 Å². The zero-order valence-electron chi connectivity index (χ0n) is 11.4. The first-order valence-electron chi connectivity index (χ1n) is 6.75. The van der Waals surface area contributed by atoms with Crippen LogP contribution in [0, 0.1) is 0 Å². The molecule has 1 aromatic rings. The van der Waals surface area contributed by atoms with Gasteiger partial charge >= 0.3 is 0 Å². The lowest BCUT2D eigenvalue weighted by Crippen LogP contribution is -2.33. The molecule has 21 heavy (non-hydrogen) atoms. The van der Waals surface area contributed by atoms with E-state index < -0.39 is 15.9 Å². The molecule has 2 aliphatic heterocycles. The second kappa shape index (κ2) is 5.67. The Kier molecular flexibility index (Phi) is 3.88. The fourth-order valence-electron chi connectivity index (χ4n) is 2.35. The molecule has 0 bridgehead atoms. The minimum absolute atomic E-state index is 0.0425. The van der Waals surface area contributed by atoms with Crippen LogP contribution in [0.5, 0.6) is 11.5 Å². The number of hydrogen-bond acceptors (Lipinski definition) is 6.